The van der Waals surface area contributed by atoms with E-state index in [2.05, 4.69) is 25.2 Å². The van der Waals surface area contributed by atoms with Crippen LogP contribution in [0.3, 0.4) is 0 Å². The molecule has 3 heterocycles. The maximum absolute atomic E-state index is 12.9. The molecule has 3 aromatic rings. The van der Waals surface area contributed by atoms with Gasteiger partial charge in [-0.2, -0.15) is 4.31 Å². The van der Waals surface area contributed by atoms with Crippen LogP contribution in [-0.4, -0.2) is 71.7 Å². The summed E-state index contributed by atoms with van der Waals surface area (Å²) in [4.78, 5) is 27.3. The predicted molar refractivity (Wildman–Crippen MR) is 135 cm³/mol. The van der Waals surface area contributed by atoms with Gasteiger partial charge in [-0.3, -0.25) is 9.78 Å². The van der Waals surface area contributed by atoms with Crippen LogP contribution in [0.4, 0.5) is 11.5 Å². The van der Waals surface area contributed by atoms with E-state index in [0.717, 1.165) is 0 Å². The van der Waals surface area contributed by atoms with Crippen LogP contribution in [0.25, 0.3) is 11.3 Å². The molecule has 3 N–H and O–H groups in total. The van der Waals surface area contributed by atoms with Crippen molar-refractivity contribution in [1.82, 2.24) is 24.2 Å². The number of likely N-dealkylation sites (N-methyl/N-ethyl adjacent to an activating group) is 1. The Labute approximate surface area is 210 Å². The molecule has 0 aliphatic carbocycles. The summed E-state index contributed by atoms with van der Waals surface area (Å²) in [7, 11) is -1.60. The van der Waals surface area contributed by atoms with Gasteiger partial charge >= 0.3 is 0 Å². The molecule has 1 fully saturated rings. The summed E-state index contributed by atoms with van der Waals surface area (Å²) in [5, 5.41) is 2.67. The van der Waals surface area contributed by atoms with Crippen molar-refractivity contribution in [3.8, 4) is 11.3 Å². The van der Waals surface area contributed by atoms with Crippen LogP contribution in [0.2, 0.25) is 0 Å². The fourth-order valence-electron chi connectivity index (χ4n) is 3.31. The number of piperazine rings is 1. The summed E-state index contributed by atoms with van der Waals surface area (Å²) in [6.07, 6.45) is 4.54. The summed E-state index contributed by atoms with van der Waals surface area (Å²) in [5.41, 5.74) is 7.35. The molecule has 1 amide bonds. The number of nitrogen functional groups attached to an aromatic ring is 1. The summed E-state index contributed by atoms with van der Waals surface area (Å²) < 4.78 is 27.3. The minimum Gasteiger partial charge on any atom is -0.382 e. The molecule has 0 radical (unpaired) electrons. The first-order chi connectivity index (χ1) is 15.3. The molecule has 0 unspecified atom stereocenters. The molecule has 0 bridgehead atoms. The van der Waals surface area contributed by atoms with E-state index in [9.17, 15) is 13.2 Å². The molecule has 1 saturated heterocycles. The molecule has 10 nitrogen and oxygen atoms in total. The van der Waals surface area contributed by atoms with Gasteiger partial charge in [0, 0.05) is 37.9 Å². The minimum absolute atomic E-state index is 0. The van der Waals surface area contributed by atoms with Gasteiger partial charge in [0.15, 0.2) is 11.5 Å². The molecular formula is C21H25Cl2N7O3S. The fraction of sp³-hybridized carbons (Fsp3) is 0.238. The number of anilines is 2. The zero-order chi connectivity index (χ0) is 22.7. The maximum Gasteiger partial charge on any atom is 0.278 e. The molecule has 34 heavy (non-hydrogen) atoms. The van der Waals surface area contributed by atoms with Gasteiger partial charge in [0.25, 0.3) is 5.91 Å². The number of benzene rings is 1. The fourth-order valence-corrected chi connectivity index (χ4v) is 4.73. The number of pyridine rings is 1. The van der Waals surface area contributed by atoms with Crippen molar-refractivity contribution < 1.29 is 13.2 Å². The molecule has 13 heteroatoms. The number of nitrogens with two attached hydrogens (primary N) is 1. The van der Waals surface area contributed by atoms with E-state index in [-0.39, 0.29) is 41.2 Å². The number of carbonyl (C=O) groups excluding carboxylic acids is 1. The van der Waals surface area contributed by atoms with Crippen LogP contribution in [-0.2, 0) is 10.0 Å². The second-order valence-corrected chi connectivity index (χ2v) is 9.35. The number of nitrogens with zero attached hydrogens (tertiary/aromatic N) is 5. The average Bonchev–Trinajstić information content (AvgIpc) is 2.80. The Morgan fingerprint density at radius 1 is 1.03 bits per heavy atom. The van der Waals surface area contributed by atoms with Gasteiger partial charge in [0.1, 0.15) is 0 Å². The van der Waals surface area contributed by atoms with Crippen molar-refractivity contribution in [3.63, 3.8) is 0 Å². The first kappa shape index (κ1) is 27.4. The van der Waals surface area contributed by atoms with Crippen molar-refractivity contribution in [3.05, 3.63) is 60.7 Å². The van der Waals surface area contributed by atoms with Gasteiger partial charge in [0.05, 0.1) is 28.7 Å². The lowest BCUT2D eigenvalue weighted by atomic mass is 10.1. The highest BCUT2D eigenvalue weighted by Crippen LogP contribution is 2.23. The van der Waals surface area contributed by atoms with Gasteiger partial charge in [-0.25, -0.2) is 18.4 Å². The third kappa shape index (κ3) is 5.99. The van der Waals surface area contributed by atoms with Gasteiger partial charge in [-0.1, -0.05) is 12.1 Å². The number of hydrogen-bond acceptors (Lipinski definition) is 8. The van der Waals surface area contributed by atoms with Crippen molar-refractivity contribution in [2.75, 3.05) is 44.3 Å². The summed E-state index contributed by atoms with van der Waals surface area (Å²) >= 11 is 0. The van der Waals surface area contributed by atoms with Crippen molar-refractivity contribution in [2.45, 2.75) is 4.90 Å². The van der Waals surface area contributed by atoms with Crippen LogP contribution in [0.15, 0.2) is 59.9 Å². The smallest absolute Gasteiger partial charge is 0.278 e. The average molecular weight is 526 g/mol. The normalized spacial score (nSPS) is 14.5. The largest absolute Gasteiger partial charge is 0.382 e. The second-order valence-electron chi connectivity index (χ2n) is 7.42. The standard InChI is InChI=1S/C21H23N7O3S.2ClH/c1-27-9-11-28(12-10-27)32(30,31)17-6-4-15(5-7-17)18-14-24-20(22)19(26-18)21(29)25-16-3-2-8-23-13-16;;/h2-8,13-14H,9-12H2,1H3,(H2,22,24)(H,25,29);2*1H. The number of amides is 1. The molecular weight excluding hydrogens is 501 g/mol. The number of nitrogens with one attached hydrogen (secondary N) is 1. The molecule has 1 aliphatic rings. The SMILES string of the molecule is CN1CCN(S(=O)(=O)c2ccc(-c3cnc(N)c(C(=O)Nc4cccnc4)n3)cc2)CC1.Cl.Cl. The van der Waals surface area contributed by atoms with Crippen LogP contribution >= 0.6 is 24.8 Å². The zero-order valence-electron chi connectivity index (χ0n) is 18.3. The summed E-state index contributed by atoms with van der Waals surface area (Å²) in [6.45, 7) is 2.31. The maximum atomic E-state index is 12.9. The monoisotopic (exact) mass is 525 g/mol. The second kappa shape index (κ2) is 11.5. The number of rotatable bonds is 5. The van der Waals surface area contributed by atoms with E-state index in [4.69, 9.17) is 5.73 Å². The highest BCUT2D eigenvalue weighted by atomic mass is 35.5. The number of sulfonamides is 1. The number of carbonyl (C=O) groups is 1. The number of halogens is 2. The lowest BCUT2D eigenvalue weighted by molar-refractivity contribution is 0.102. The van der Waals surface area contributed by atoms with Crippen molar-refractivity contribution in [1.29, 1.82) is 0 Å². The van der Waals surface area contributed by atoms with Crippen molar-refractivity contribution >= 4 is 52.2 Å². The Hall–Kier alpha value is -2.83. The Morgan fingerprint density at radius 2 is 1.71 bits per heavy atom. The summed E-state index contributed by atoms with van der Waals surface area (Å²) in [6, 6.07) is 9.75. The molecule has 182 valence electrons. The Balaban J connectivity index is 0.00000204. The molecule has 4 rings (SSSR count). The Kier molecular flexibility index (Phi) is 9.30. The number of aromatic nitrogens is 3. The van der Waals surface area contributed by atoms with Gasteiger partial charge < -0.3 is 16.0 Å². The van der Waals surface area contributed by atoms with E-state index in [1.807, 2.05) is 7.05 Å². The molecule has 0 spiro atoms. The van der Waals surface area contributed by atoms with Crippen LogP contribution < -0.4 is 11.1 Å². The first-order valence-corrected chi connectivity index (χ1v) is 11.4. The quantitative estimate of drug-likeness (QED) is 0.517. The van der Waals surface area contributed by atoms with Crippen LogP contribution in [0.1, 0.15) is 10.5 Å². The first-order valence-electron chi connectivity index (χ1n) is 9.97. The van der Waals surface area contributed by atoms with Gasteiger partial charge in [0.2, 0.25) is 10.0 Å². The lowest BCUT2D eigenvalue weighted by Gasteiger charge is -2.31. The predicted octanol–water partition coefficient (Wildman–Crippen LogP) is 2.15. The highest BCUT2D eigenvalue weighted by molar-refractivity contribution is 7.89. The van der Waals surface area contributed by atoms with E-state index >= 15 is 0 Å². The van der Waals surface area contributed by atoms with Crippen LogP contribution in [0.5, 0.6) is 0 Å². The number of hydrogen-bond donors (Lipinski definition) is 2. The van der Waals surface area contributed by atoms with Crippen LogP contribution in [0, 0.1) is 0 Å². The molecule has 1 aromatic carbocycles. The molecule has 0 saturated carbocycles. The molecule has 0 atom stereocenters. The van der Waals surface area contributed by atoms with E-state index in [1.165, 1.54) is 28.8 Å². The van der Waals surface area contributed by atoms with E-state index < -0.39 is 15.9 Å². The topological polar surface area (TPSA) is 134 Å². The Morgan fingerprint density at radius 3 is 2.32 bits per heavy atom. The third-order valence-electron chi connectivity index (χ3n) is 5.19. The zero-order valence-corrected chi connectivity index (χ0v) is 20.7. The minimum atomic E-state index is -3.57. The van der Waals surface area contributed by atoms with Gasteiger partial charge in [-0.05, 0) is 31.3 Å². The third-order valence-corrected chi connectivity index (χ3v) is 7.10. The van der Waals surface area contributed by atoms with E-state index in [1.54, 1.807) is 30.5 Å². The lowest BCUT2D eigenvalue weighted by Crippen LogP contribution is -2.46. The van der Waals surface area contributed by atoms with Crippen molar-refractivity contribution in [2.24, 2.45) is 0 Å². The Bertz CT molecular complexity index is 1220. The summed E-state index contributed by atoms with van der Waals surface area (Å²) in [5.74, 6) is -0.525. The molecule has 1 aliphatic heterocycles. The van der Waals surface area contributed by atoms with Gasteiger partial charge in [-0.15, -0.1) is 24.8 Å². The molecule has 2 aromatic heterocycles. The van der Waals surface area contributed by atoms with E-state index in [0.29, 0.717) is 43.1 Å². The highest BCUT2D eigenvalue weighted by Gasteiger charge is 2.27.